The largest absolute Gasteiger partial charge is 0.434 e. The van der Waals surface area contributed by atoms with Gasteiger partial charge in [0.15, 0.2) is 11.5 Å². The van der Waals surface area contributed by atoms with E-state index in [2.05, 4.69) is 4.98 Å². The van der Waals surface area contributed by atoms with E-state index < -0.39 is 22.9 Å². The minimum atomic E-state index is -4.55. The van der Waals surface area contributed by atoms with Gasteiger partial charge in [-0.15, -0.1) is 11.3 Å². The fourth-order valence-electron chi connectivity index (χ4n) is 2.49. The first-order valence-corrected chi connectivity index (χ1v) is 7.20. The molecule has 0 aliphatic heterocycles. The molecule has 8 heteroatoms. The number of hydrogen-bond donors (Lipinski definition) is 0. The number of nitrogens with zero attached hydrogens (tertiary/aromatic N) is 2. The molecule has 0 aromatic carbocycles. The fourth-order valence-corrected chi connectivity index (χ4v) is 3.46. The molecular formula is C14H13F3N2O2S. The van der Waals surface area contributed by atoms with E-state index in [1.165, 1.54) is 13.2 Å². The van der Waals surface area contributed by atoms with Crippen molar-refractivity contribution >= 4 is 17.1 Å². The molecule has 4 nitrogen and oxygen atoms in total. The lowest BCUT2D eigenvalue weighted by Crippen LogP contribution is -2.42. The van der Waals surface area contributed by atoms with Gasteiger partial charge in [0.05, 0.1) is 5.57 Å². The van der Waals surface area contributed by atoms with Gasteiger partial charge in [-0.05, 0) is 12.5 Å². The molecule has 2 rings (SSSR count). The highest BCUT2D eigenvalue weighted by Crippen LogP contribution is 2.46. The Morgan fingerprint density at radius 3 is 2.55 bits per heavy atom. The molecule has 1 atom stereocenters. The summed E-state index contributed by atoms with van der Waals surface area (Å²) in [6, 6.07) is 1.79. The molecular weight excluding hydrogens is 317 g/mol. The van der Waals surface area contributed by atoms with Crippen LogP contribution in [0.2, 0.25) is 0 Å². The average Bonchev–Trinajstić information content (AvgIpc) is 2.92. The van der Waals surface area contributed by atoms with Crippen LogP contribution in [0.15, 0.2) is 17.0 Å². The summed E-state index contributed by atoms with van der Waals surface area (Å²) < 4.78 is 43.6. The highest BCUT2D eigenvalue weighted by atomic mass is 32.1. The molecule has 1 unspecified atom stereocenters. The van der Waals surface area contributed by atoms with Gasteiger partial charge in [0.2, 0.25) is 0 Å². The lowest BCUT2D eigenvalue weighted by Gasteiger charge is -2.38. The van der Waals surface area contributed by atoms with Gasteiger partial charge in [0.25, 0.3) is 0 Å². The second kappa shape index (κ2) is 5.18. The fraction of sp³-hybridized carbons (Fsp3) is 0.500. The number of thiazole rings is 1. The molecule has 0 saturated carbocycles. The van der Waals surface area contributed by atoms with Crippen molar-refractivity contribution in [2.45, 2.75) is 32.0 Å². The molecule has 0 spiro atoms. The Labute approximate surface area is 129 Å². The van der Waals surface area contributed by atoms with Crippen LogP contribution in [0.1, 0.15) is 31.0 Å². The van der Waals surface area contributed by atoms with E-state index in [0.29, 0.717) is 0 Å². The molecule has 1 aromatic rings. The van der Waals surface area contributed by atoms with Crippen LogP contribution in [0.3, 0.4) is 0 Å². The van der Waals surface area contributed by atoms with Crippen LogP contribution >= 0.6 is 11.3 Å². The summed E-state index contributed by atoms with van der Waals surface area (Å²) in [5, 5.41) is 10.1. The molecule has 22 heavy (non-hydrogen) atoms. The quantitative estimate of drug-likeness (QED) is 0.833. The van der Waals surface area contributed by atoms with Gasteiger partial charge >= 0.3 is 6.18 Å². The summed E-state index contributed by atoms with van der Waals surface area (Å²) in [6.45, 7) is 3.26. The second-order valence-electron chi connectivity index (χ2n) is 5.69. The van der Waals surface area contributed by atoms with Crippen LogP contribution in [0, 0.1) is 16.7 Å². The maximum atomic E-state index is 12.7. The number of aromatic nitrogens is 1. The predicted octanol–water partition coefficient (Wildman–Crippen LogP) is 3.45. The zero-order valence-electron chi connectivity index (χ0n) is 12.1. The number of allylic oxidation sites excluding steroid dienone is 1. The van der Waals surface area contributed by atoms with Crippen LogP contribution in [-0.4, -0.2) is 17.9 Å². The summed E-state index contributed by atoms with van der Waals surface area (Å²) in [5.41, 5.74) is -3.37. The predicted molar refractivity (Wildman–Crippen MR) is 72.9 cm³/mol. The summed E-state index contributed by atoms with van der Waals surface area (Å²) in [5.74, 6) is -0.352. The molecule has 0 fully saturated rings. The van der Waals surface area contributed by atoms with E-state index in [0.717, 1.165) is 16.7 Å². The van der Waals surface area contributed by atoms with Gasteiger partial charge in [0.1, 0.15) is 16.7 Å². The SMILES string of the molecule is COC1(c2nc(C(F)(F)F)cs2)C=C(C#N)C(=O)C(C)(C)C1. The third-order valence-corrected chi connectivity index (χ3v) is 4.58. The van der Waals surface area contributed by atoms with Gasteiger partial charge in [-0.25, -0.2) is 4.98 Å². The number of Topliss-reactive ketones (excluding diaryl/α,β-unsaturated/α-hetero) is 1. The van der Waals surface area contributed by atoms with Crippen molar-refractivity contribution in [2.75, 3.05) is 7.11 Å². The summed E-state index contributed by atoms with van der Waals surface area (Å²) in [7, 11) is 1.33. The lowest BCUT2D eigenvalue weighted by atomic mass is 9.70. The Bertz CT molecular complexity index is 685. The van der Waals surface area contributed by atoms with Crippen molar-refractivity contribution in [1.29, 1.82) is 5.26 Å². The first-order chi connectivity index (χ1) is 10.1. The highest BCUT2D eigenvalue weighted by Gasteiger charge is 2.48. The van der Waals surface area contributed by atoms with Crippen molar-refractivity contribution in [3.05, 3.63) is 27.7 Å². The Morgan fingerprint density at radius 2 is 2.09 bits per heavy atom. The second-order valence-corrected chi connectivity index (χ2v) is 6.55. The van der Waals surface area contributed by atoms with Crippen molar-refractivity contribution in [3.63, 3.8) is 0 Å². The van der Waals surface area contributed by atoms with Crippen LogP contribution < -0.4 is 0 Å². The zero-order valence-corrected chi connectivity index (χ0v) is 12.9. The zero-order chi connectivity index (χ0) is 16.8. The van der Waals surface area contributed by atoms with Crippen LogP contribution in [0.5, 0.6) is 0 Å². The molecule has 0 bridgehead atoms. The van der Waals surface area contributed by atoms with Crippen LogP contribution in [-0.2, 0) is 21.3 Å². The smallest absolute Gasteiger partial charge is 0.367 e. The summed E-state index contributed by atoms with van der Waals surface area (Å²) >= 11 is 0.799. The molecule has 1 aliphatic carbocycles. The van der Waals surface area contributed by atoms with Gasteiger partial charge in [-0.2, -0.15) is 18.4 Å². The topological polar surface area (TPSA) is 63.0 Å². The number of methoxy groups -OCH3 is 1. The maximum absolute atomic E-state index is 12.7. The number of carbonyl (C=O) groups excluding carboxylic acids is 1. The third-order valence-electron chi connectivity index (χ3n) is 3.58. The monoisotopic (exact) mass is 330 g/mol. The Hall–Kier alpha value is -1.72. The normalized spacial score (nSPS) is 24.8. The maximum Gasteiger partial charge on any atom is 0.434 e. The van der Waals surface area contributed by atoms with Gasteiger partial charge < -0.3 is 4.74 Å². The number of carbonyl (C=O) groups is 1. The number of ether oxygens (including phenoxy) is 1. The number of rotatable bonds is 2. The first kappa shape index (κ1) is 16.6. The standard InChI is InChI=1S/C14H13F3N2O2S/c1-12(2)7-13(21-3,4-8(5-18)10(12)20)11-19-9(6-22-11)14(15,16)17/h4,6H,7H2,1-3H3. The molecule has 118 valence electrons. The molecule has 1 aromatic heterocycles. The van der Waals surface area contributed by atoms with E-state index >= 15 is 0 Å². The Kier molecular flexibility index (Phi) is 3.92. The van der Waals surface area contributed by atoms with Crippen molar-refractivity contribution < 1.29 is 22.7 Å². The molecule has 1 heterocycles. The Balaban J connectivity index is 2.59. The number of hydrogen-bond acceptors (Lipinski definition) is 5. The van der Waals surface area contributed by atoms with Crippen molar-refractivity contribution in [2.24, 2.45) is 5.41 Å². The number of ketones is 1. The molecule has 0 N–H and O–H groups in total. The van der Waals surface area contributed by atoms with Crippen LogP contribution in [0.4, 0.5) is 13.2 Å². The van der Waals surface area contributed by atoms with Crippen LogP contribution in [0.25, 0.3) is 0 Å². The number of alkyl halides is 3. The van der Waals surface area contributed by atoms with Gasteiger partial charge in [0, 0.05) is 17.9 Å². The number of halogens is 3. The van der Waals surface area contributed by atoms with E-state index in [1.54, 1.807) is 19.9 Å². The first-order valence-electron chi connectivity index (χ1n) is 6.32. The van der Waals surface area contributed by atoms with Crippen molar-refractivity contribution in [1.82, 2.24) is 4.98 Å². The average molecular weight is 330 g/mol. The molecule has 0 radical (unpaired) electrons. The highest BCUT2D eigenvalue weighted by molar-refractivity contribution is 7.09. The molecule has 0 amide bonds. The lowest BCUT2D eigenvalue weighted by molar-refractivity contribution is -0.141. The van der Waals surface area contributed by atoms with Gasteiger partial charge in [-0.1, -0.05) is 13.8 Å². The summed E-state index contributed by atoms with van der Waals surface area (Å²) in [4.78, 5) is 15.7. The van der Waals surface area contributed by atoms with E-state index in [-0.39, 0.29) is 22.8 Å². The minimum absolute atomic E-state index is 0.0793. The Morgan fingerprint density at radius 1 is 1.45 bits per heavy atom. The van der Waals surface area contributed by atoms with E-state index in [1.807, 2.05) is 0 Å². The summed E-state index contributed by atoms with van der Waals surface area (Å²) in [6.07, 6.45) is -3.16. The number of nitriles is 1. The minimum Gasteiger partial charge on any atom is -0.367 e. The van der Waals surface area contributed by atoms with E-state index in [9.17, 15) is 18.0 Å². The van der Waals surface area contributed by atoms with Gasteiger partial charge in [-0.3, -0.25) is 4.79 Å². The van der Waals surface area contributed by atoms with Crippen molar-refractivity contribution in [3.8, 4) is 6.07 Å². The third kappa shape index (κ3) is 2.66. The van der Waals surface area contributed by atoms with E-state index in [4.69, 9.17) is 10.00 Å². The molecule has 0 saturated heterocycles. The molecule has 1 aliphatic rings.